The van der Waals surface area contributed by atoms with Crippen molar-refractivity contribution in [2.45, 2.75) is 174 Å². The zero-order valence-corrected chi connectivity index (χ0v) is 30.1. The Balaban J connectivity index is 0.000000256. The molecule has 4 aliphatic rings. The molecule has 0 bridgehead atoms. The fourth-order valence-corrected chi connectivity index (χ4v) is 7.97. The Labute approximate surface area is 286 Å². The van der Waals surface area contributed by atoms with Crippen LogP contribution in [0.25, 0.3) is 0 Å². The summed E-state index contributed by atoms with van der Waals surface area (Å²) >= 11 is 0. The second kappa shape index (κ2) is 24.0. The van der Waals surface area contributed by atoms with E-state index in [2.05, 4.69) is 13.8 Å². The van der Waals surface area contributed by atoms with Crippen LogP contribution in [0.1, 0.15) is 162 Å². The third-order valence-electron chi connectivity index (χ3n) is 11.3. The van der Waals surface area contributed by atoms with E-state index in [9.17, 15) is 9.59 Å². The maximum atomic E-state index is 10.9. The van der Waals surface area contributed by atoms with Crippen LogP contribution in [0.3, 0.4) is 0 Å². The molecule has 2 saturated heterocycles. The van der Waals surface area contributed by atoms with E-state index in [1.54, 1.807) is 0 Å². The number of unbranched alkanes of at least 4 members (excludes halogenated alkanes) is 11. The summed E-state index contributed by atoms with van der Waals surface area (Å²) in [6, 6.07) is 0. The van der Waals surface area contributed by atoms with E-state index < -0.39 is 23.8 Å². The lowest BCUT2D eigenvalue weighted by atomic mass is 9.79. The zero-order chi connectivity index (χ0) is 33.7. The molecule has 0 aromatic heterocycles. The summed E-state index contributed by atoms with van der Waals surface area (Å²) in [5.41, 5.74) is 0. The standard InChI is InChI=1S/C20H36O4.C19H34O4/c1-2-3-4-5-6-7-8-9-16-10-12-17(13-11-16)20-23-14-18(15-24-20)19(21)22;1-2-3-4-5-6-7-8-15-9-11-16(12-10-15)19-22-13-17(14-23-19)18(20)21/h16-18,20H,2-15H2,1H3,(H,21,22);15-17,19H,2-14H2,1H3,(H,20,21). The minimum atomic E-state index is -0.814. The lowest BCUT2D eigenvalue weighted by Gasteiger charge is -2.36. The molecular weight excluding hydrogens is 596 g/mol. The maximum Gasteiger partial charge on any atom is 0.311 e. The molecule has 2 aliphatic carbocycles. The van der Waals surface area contributed by atoms with Gasteiger partial charge >= 0.3 is 11.9 Å². The average molecular weight is 667 g/mol. The number of carboxylic acid groups (broad SMARTS) is 2. The van der Waals surface area contributed by atoms with Crippen molar-refractivity contribution in [2.24, 2.45) is 35.5 Å². The normalized spacial score (nSPS) is 31.4. The fourth-order valence-electron chi connectivity index (χ4n) is 7.97. The third-order valence-corrected chi connectivity index (χ3v) is 11.3. The summed E-state index contributed by atoms with van der Waals surface area (Å²) in [4.78, 5) is 21.8. The van der Waals surface area contributed by atoms with Gasteiger partial charge in [0.05, 0.1) is 26.4 Å². The average Bonchev–Trinajstić information content (AvgIpc) is 3.10. The van der Waals surface area contributed by atoms with Crippen LogP contribution in [-0.4, -0.2) is 61.2 Å². The van der Waals surface area contributed by atoms with Gasteiger partial charge in [-0.3, -0.25) is 9.59 Å². The molecular formula is C39H70O8. The highest BCUT2D eigenvalue weighted by molar-refractivity contribution is 5.70. The number of carbonyl (C=O) groups is 2. The topological polar surface area (TPSA) is 112 Å². The smallest absolute Gasteiger partial charge is 0.311 e. The quantitative estimate of drug-likeness (QED) is 0.131. The summed E-state index contributed by atoms with van der Waals surface area (Å²) in [6.45, 7) is 5.75. The second-order valence-corrected chi connectivity index (χ2v) is 15.2. The highest BCUT2D eigenvalue weighted by atomic mass is 16.7. The first-order valence-corrected chi connectivity index (χ1v) is 19.8. The van der Waals surface area contributed by atoms with Crippen LogP contribution in [0.15, 0.2) is 0 Å². The molecule has 2 N–H and O–H groups in total. The van der Waals surface area contributed by atoms with Gasteiger partial charge in [-0.15, -0.1) is 0 Å². The third kappa shape index (κ3) is 15.9. The molecule has 0 atom stereocenters. The van der Waals surface area contributed by atoms with Crippen molar-refractivity contribution < 1.29 is 38.7 Å². The Bertz CT molecular complexity index is 804. The van der Waals surface area contributed by atoms with E-state index in [4.69, 9.17) is 29.2 Å². The van der Waals surface area contributed by atoms with Crippen LogP contribution in [0.4, 0.5) is 0 Å². The Morgan fingerprint density at radius 3 is 1.06 bits per heavy atom. The Hall–Kier alpha value is -1.22. The second-order valence-electron chi connectivity index (χ2n) is 15.2. The highest BCUT2D eigenvalue weighted by Gasteiger charge is 2.35. The summed E-state index contributed by atoms with van der Waals surface area (Å²) < 4.78 is 22.7. The molecule has 0 spiro atoms. The van der Waals surface area contributed by atoms with Crippen molar-refractivity contribution in [3.8, 4) is 0 Å². The summed E-state index contributed by atoms with van der Waals surface area (Å²) in [5.74, 6) is 0.0822. The maximum absolute atomic E-state index is 10.9. The Morgan fingerprint density at radius 2 is 0.766 bits per heavy atom. The van der Waals surface area contributed by atoms with Crippen molar-refractivity contribution in [3.05, 3.63) is 0 Å². The Kier molecular flexibility index (Phi) is 20.5. The van der Waals surface area contributed by atoms with Gasteiger partial charge in [-0.1, -0.05) is 110 Å². The largest absolute Gasteiger partial charge is 0.481 e. The predicted molar refractivity (Wildman–Crippen MR) is 185 cm³/mol. The van der Waals surface area contributed by atoms with Gasteiger partial charge in [0.25, 0.3) is 0 Å². The monoisotopic (exact) mass is 667 g/mol. The first-order chi connectivity index (χ1) is 22.9. The van der Waals surface area contributed by atoms with Crippen molar-refractivity contribution >= 4 is 11.9 Å². The summed E-state index contributed by atoms with van der Waals surface area (Å²) in [5, 5.41) is 17.9. The molecule has 0 aromatic rings. The number of rotatable bonds is 19. The van der Waals surface area contributed by atoms with Gasteiger partial charge in [0, 0.05) is 11.8 Å². The van der Waals surface area contributed by atoms with Crippen molar-refractivity contribution in [2.75, 3.05) is 26.4 Å². The van der Waals surface area contributed by atoms with E-state index in [1.165, 1.54) is 148 Å². The minimum Gasteiger partial charge on any atom is -0.481 e. The van der Waals surface area contributed by atoms with Crippen molar-refractivity contribution in [1.82, 2.24) is 0 Å². The number of ether oxygens (including phenoxy) is 4. The van der Waals surface area contributed by atoms with Crippen molar-refractivity contribution in [3.63, 3.8) is 0 Å². The first-order valence-electron chi connectivity index (χ1n) is 19.8. The zero-order valence-electron chi connectivity index (χ0n) is 30.1. The lowest BCUT2D eigenvalue weighted by molar-refractivity contribution is -0.232. The molecule has 0 unspecified atom stereocenters. The molecule has 0 radical (unpaired) electrons. The minimum absolute atomic E-state index is 0.166. The van der Waals surface area contributed by atoms with E-state index in [-0.39, 0.29) is 12.6 Å². The van der Waals surface area contributed by atoms with Crippen LogP contribution in [0, 0.1) is 35.5 Å². The van der Waals surface area contributed by atoms with Crippen LogP contribution in [0.5, 0.6) is 0 Å². The van der Waals surface area contributed by atoms with E-state index in [1.807, 2.05) is 0 Å². The van der Waals surface area contributed by atoms with Gasteiger partial charge in [-0.05, 0) is 63.2 Å². The lowest BCUT2D eigenvalue weighted by Crippen LogP contribution is -2.41. The van der Waals surface area contributed by atoms with Gasteiger partial charge in [-0.25, -0.2) is 0 Å². The molecule has 2 heterocycles. The van der Waals surface area contributed by atoms with E-state index in [0.717, 1.165) is 11.8 Å². The van der Waals surface area contributed by atoms with Crippen LogP contribution >= 0.6 is 0 Å². The molecule has 0 aromatic carbocycles. The van der Waals surface area contributed by atoms with E-state index >= 15 is 0 Å². The van der Waals surface area contributed by atoms with Crippen LogP contribution in [-0.2, 0) is 28.5 Å². The number of carboxylic acids is 2. The molecule has 2 aliphatic heterocycles. The van der Waals surface area contributed by atoms with Gasteiger partial charge in [0.15, 0.2) is 12.6 Å². The summed E-state index contributed by atoms with van der Waals surface area (Å²) in [7, 11) is 0. The first kappa shape index (κ1) is 40.2. The van der Waals surface area contributed by atoms with Gasteiger partial charge in [-0.2, -0.15) is 0 Å². The molecule has 0 amide bonds. The summed E-state index contributed by atoms with van der Waals surface area (Å²) in [6.07, 6.45) is 30.3. The van der Waals surface area contributed by atoms with Gasteiger partial charge in [0.2, 0.25) is 0 Å². The van der Waals surface area contributed by atoms with Gasteiger partial charge < -0.3 is 29.2 Å². The SMILES string of the molecule is CCCCCCCCC1CCC(C2OCC(C(=O)O)CO2)CC1.CCCCCCCCCC1CCC(C2OCC(C(=O)O)CO2)CC1. The van der Waals surface area contributed by atoms with Crippen LogP contribution < -0.4 is 0 Å². The Morgan fingerprint density at radius 1 is 0.468 bits per heavy atom. The molecule has 4 rings (SSSR count). The van der Waals surface area contributed by atoms with Gasteiger partial charge in [0.1, 0.15) is 11.8 Å². The molecule has 4 fully saturated rings. The predicted octanol–water partition coefficient (Wildman–Crippen LogP) is 9.62. The molecule has 8 nitrogen and oxygen atoms in total. The number of hydrogen-bond acceptors (Lipinski definition) is 6. The fraction of sp³-hybridized carbons (Fsp3) is 0.949. The highest BCUT2D eigenvalue weighted by Crippen LogP contribution is 2.37. The van der Waals surface area contributed by atoms with Crippen molar-refractivity contribution in [1.29, 1.82) is 0 Å². The molecule has 274 valence electrons. The molecule has 47 heavy (non-hydrogen) atoms. The molecule has 2 saturated carbocycles. The van der Waals surface area contributed by atoms with E-state index in [0.29, 0.717) is 38.3 Å². The number of hydrogen-bond donors (Lipinski definition) is 2. The molecule has 8 heteroatoms. The van der Waals surface area contributed by atoms with Crippen LogP contribution in [0.2, 0.25) is 0 Å². The number of aliphatic carboxylic acids is 2.